The highest BCUT2D eigenvalue weighted by molar-refractivity contribution is 5.60. The Balaban J connectivity index is 2.58. The first-order valence-electron chi connectivity index (χ1n) is 4.53. The van der Waals surface area contributed by atoms with Gasteiger partial charge in [0.2, 0.25) is 0 Å². The van der Waals surface area contributed by atoms with Crippen LogP contribution in [0.4, 0.5) is 8.78 Å². The van der Waals surface area contributed by atoms with Crippen molar-refractivity contribution in [2.45, 2.75) is 6.92 Å². The molecule has 0 fully saturated rings. The minimum atomic E-state index is -0.580. The molecule has 0 radical (unpaired) electrons. The minimum absolute atomic E-state index is 0.496. The smallest absolute Gasteiger partial charge is 0.126 e. The lowest BCUT2D eigenvalue weighted by atomic mass is 10.1. The molecule has 1 aromatic heterocycles. The topological polar surface area (TPSA) is 17.8 Å². The van der Waals surface area contributed by atoms with Crippen LogP contribution in [0.3, 0.4) is 0 Å². The summed E-state index contributed by atoms with van der Waals surface area (Å²) in [5.74, 6) is -1.16. The van der Waals surface area contributed by atoms with Gasteiger partial charge in [0.05, 0.1) is 11.4 Å². The van der Waals surface area contributed by atoms with Gasteiger partial charge in [0.15, 0.2) is 0 Å². The number of rotatable bonds is 1. The molecule has 2 rings (SSSR count). The van der Waals surface area contributed by atoms with E-state index in [0.29, 0.717) is 11.3 Å². The van der Waals surface area contributed by atoms with E-state index in [9.17, 15) is 8.78 Å². The standard InChI is InChI=1S/C11H10F2N2/c1-7-3-11(15(2)14-7)8-4-9(12)6-10(13)5-8/h3-6H,1-2H3. The molecular formula is C11H10F2N2. The van der Waals surface area contributed by atoms with Crippen LogP contribution in [0.1, 0.15) is 5.69 Å². The van der Waals surface area contributed by atoms with Gasteiger partial charge in [-0.2, -0.15) is 5.10 Å². The lowest BCUT2D eigenvalue weighted by molar-refractivity contribution is 0.583. The van der Waals surface area contributed by atoms with Crippen LogP contribution in [0, 0.1) is 18.6 Å². The molecule has 4 heteroatoms. The van der Waals surface area contributed by atoms with E-state index >= 15 is 0 Å². The molecule has 15 heavy (non-hydrogen) atoms. The molecule has 0 bridgehead atoms. The lowest BCUT2D eigenvalue weighted by Gasteiger charge is -2.02. The molecule has 78 valence electrons. The summed E-state index contributed by atoms with van der Waals surface area (Å²) in [6.07, 6.45) is 0. The predicted octanol–water partition coefficient (Wildman–Crippen LogP) is 2.67. The molecule has 2 nitrogen and oxygen atoms in total. The van der Waals surface area contributed by atoms with Gasteiger partial charge in [0.1, 0.15) is 11.6 Å². The van der Waals surface area contributed by atoms with E-state index in [1.807, 2.05) is 6.92 Å². The van der Waals surface area contributed by atoms with Gasteiger partial charge >= 0.3 is 0 Å². The molecule has 0 aliphatic carbocycles. The highest BCUT2D eigenvalue weighted by atomic mass is 19.1. The molecule has 0 aliphatic rings. The summed E-state index contributed by atoms with van der Waals surface area (Å²) in [6.45, 7) is 1.83. The fraction of sp³-hybridized carbons (Fsp3) is 0.182. The quantitative estimate of drug-likeness (QED) is 0.704. The molecule has 0 saturated carbocycles. The fourth-order valence-corrected chi connectivity index (χ4v) is 1.58. The summed E-state index contributed by atoms with van der Waals surface area (Å²) in [5, 5.41) is 4.12. The van der Waals surface area contributed by atoms with Crippen molar-refractivity contribution >= 4 is 0 Å². The van der Waals surface area contributed by atoms with Crippen LogP contribution in [0.25, 0.3) is 11.3 Å². The normalized spacial score (nSPS) is 10.7. The summed E-state index contributed by atoms with van der Waals surface area (Å²) in [4.78, 5) is 0. The first kappa shape index (κ1) is 9.83. The van der Waals surface area contributed by atoms with Gasteiger partial charge in [-0.15, -0.1) is 0 Å². The van der Waals surface area contributed by atoms with Gasteiger partial charge in [0.25, 0.3) is 0 Å². The Morgan fingerprint density at radius 3 is 2.13 bits per heavy atom. The van der Waals surface area contributed by atoms with Crippen LogP contribution in [0.15, 0.2) is 24.3 Å². The fourth-order valence-electron chi connectivity index (χ4n) is 1.58. The highest BCUT2D eigenvalue weighted by Crippen LogP contribution is 2.21. The second kappa shape index (κ2) is 3.46. The van der Waals surface area contributed by atoms with Gasteiger partial charge < -0.3 is 0 Å². The van der Waals surface area contributed by atoms with Crippen molar-refractivity contribution in [2.24, 2.45) is 7.05 Å². The van der Waals surface area contributed by atoms with E-state index in [0.717, 1.165) is 11.8 Å². The Kier molecular flexibility index (Phi) is 2.26. The van der Waals surface area contributed by atoms with E-state index in [1.54, 1.807) is 17.8 Å². The number of hydrogen-bond acceptors (Lipinski definition) is 1. The van der Waals surface area contributed by atoms with Crippen LogP contribution in [0.5, 0.6) is 0 Å². The van der Waals surface area contributed by atoms with Crippen LogP contribution >= 0.6 is 0 Å². The van der Waals surface area contributed by atoms with Gasteiger partial charge in [-0.05, 0) is 25.1 Å². The average Bonchev–Trinajstić information content (AvgIpc) is 2.43. The Hall–Kier alpha value is -1.71. The number of nitrogens with zero attached hydrogens (tertiary/aromatic N) is 2. The maximum atomic E-state index is 13.0. The Morgan fingerprint density at radius 2 is 1.67 bits per heavy atom. The third-order valence-electron chi connectivity index (χ3n) is 2.16. The van der Waals surface area contributed by atoms with Crippen molar-refractivity contribution in [3.05, 3.63) is 41.6 Å². The van der Waals surface area contributed by atoms with Crippen molar-refractivity contribution < 1.29 is 8.78 Å². The third kappa shape index (κ3) is 1.88. The van der Waals surface area contributed by atoms with E-state index in [-0.39, 0.29) is 0 Å². The zero-order valence-corrected chi connectivity index (χ0v) is 8.46. The first-order chi connectivity index (χ1) is 7.06. The molecule has 0 unspecified atom stereocenters. The van der Waals surface area contributed by atoms with Crippen LogP contribution in [-0.4, -0.2) is 9.78 Å². The zero-order chi connectivity index (χ0) is 11.0. The molecule has 0 amide bonds. The largest absolute Gasteiger partial charge is 0.268 e. The van der Waals surface area contributed by atoms with Crippen LogP contribution in [-0.2, 0) is 7.05 Å². The predicted molar refractivity (Wildman–Crippen MR) is 53.3 cm³/mol. The summed E-state index contributed by atoms with van der Waals surface area (Å²) in [5.41, 5.74) is 2.01. The Labute approximate surface area is 86.2 Å². The lowest BCUT2D eigenvalue weighted by Crippen LogP contribution is -1.94. The molecule has 1 aromatic carbocycles. The number of hydrogen-bond donors (Lipinski definition) is 0. The summed E-state index contributed by atoms with van der Waals surface area (Å²) < 4.78 is 27.6. The summed E-state index contributed by atoms with van der Waals surface area (Å²) in [6, 6.07) is 5.22. The van der Waals surface area contributed by atoms with Crippen LogP contribution in [0.2, 0.25) is 0 Å². The van der Waals surface area contributed by atoms with E-state index < -0.39 is 11.6 Å². The Morgan fingerprint density at radius 1 is 1.07 bits per heavy atom. The maximum absolute atomic E-state index is 13.0. The highest BCUT2D eigenvalue weighted by Gasteiger charge is 2.07. The number of benzene rings is 1. The molecule has 0 N–H and O–H groups in total. The van der Waals surface area contributed by atoms with E-state index in [2.05, 4.69) is 5.10 Å². The van der Waals surface area contributed by atoms with Crippen LogP contribution < -0.4 is 0 Å². The molecule has 2 aromatic rings. The van der Waals surface area contributed by atoms with Crippen molar-refractivity contribution in [2.75, 3.05) is 0 Å². The molecular weight excluding hydrogens is 198 g/mol. The van der Waals surface area contributed by atoms with Gasteiger partial charge in [-0.3, -0.25) is 4.68 Å². The van der Waals surface area contributed by atoms with Gasteiger partial charge in [-0.25, -0.2) is 8.78 Å². The minimum Gasteiger partial charge on any atom is -0.268 e. The van der Waals surface area contributed by atoms with Crippen molar-refractivity contribution in [3.63, 3.8) is 0 Å². The number of halogens is 2. The molecule has 0 spiro atoms. The molecule has 1 heterocycles. The van der Waals surface area contributed by atoms with Crippen molar-refractivity contribution in [3.8, 4) is 11.3 Å². The number of aryl methyl sites for hydroxylation is 2. The SMILES string of the molecule is Cc1cc(-c2cc(F)cc(F)c2)n(C)n1. The van der Waals surface area contributed by atoms with E-state index in [1.165, 1.54) is 12.1 Å². The first-order valence-corrected chi connectivity index (χ1v) is 4.53. The summed E-state index contributed by atoms with van der Waals surface area (Å²) >= 11 is 0. The second-order valence-corrected chi connectivity index (χ2v) is 3.45. The average molecular weight is 208 g/mol. The van der Waals surface area contributed by atoms with Gasteiger partial charge in [0, 0.05) is 18.7 Å². The maximum Gasteiger partial charge on any atom is 0.126 e. The third-order valence-corrected chi connectivity index (χ3v) is 2.16. The van der Waals surface area contributed by atoms with Crippen molar-refractivity contribution in [1.82, 2.24) is 9.78 Å². The second-order valence-electron chi connectivity index (χ2n) is 3.45. The monoisotopic (exact) mass is 208 g/mol. The van der Waals surface area contributed by atoms with Crippen molar-refractivity contribution in [1.29, 1.82) is 0 Å². The molecule has 0 aliphatic heterocycles. The summed E-state index contributed by atoms with van der Waals surface area (Å²) in [7, 11) is 1.74. The zero-order valence-electron chi connectivity index (χ0n) is 8.46. The number of aromatic nitrogens is 2. The molecule has 0 saturated heterocycles. The van der Waals surface area contributed by atoms with Gasteiger partial charge in [-0.1, -0.05) is 0 Å². The van der Waals surface area contributed by atoms with E-state index in [4.69, 9.17) is 0 Å². The molecule has 0 atom stereocenters. The Bertz CT molecular complexity index is 483.